The summed E-state index contributed by atoms with van der Waals surface area (Å²) < 4.78 is 21.1. The minimum atomic E-state index is -4.02. The molecule has 9 heavy (non-hydrogen) atoms. The van der Waals surface area contributed by atoms with Crippen molar-refractivity contribution < 1.29 is 13.2 Å². The van der Waals surface area contributed by atoms with Gasteiger partial charge in [-0.2, -0.15) is 0 Å². The summed E-state index contributed by atoms with van der Waals surface area (Å²) in [7, 11) is -4.02. The van der Waals surface area contributed by atoms with Crippen molar-refractivity contribution in [3.63, 3.8) is 0 Å². The van der Waals surface area contributed by atoms with Gasteiger partial charge in [-0.05, 0) is 0 Å². The minimum Gasteiger partial charge on any atom is -0.210 e. The van der Waals surface area contributed by atoms with Crippen molar-refractivity contribution in [2.45, 2.75) is 4.17 Å². The van der Waals surface area contributed by atoms with Gasteiger partial charge in [0.15, 0.2) is 0 Å². The Bertz CT molecular complexity index is 226. The van der Waals surface area contributed by atoms with E-state index < -0.39 is 14.2 Å². The standard InChI is InChI=1S/C2HCl2NO3S/c3-2(4)9(7,8)5-1-6/h2H. The molecule has 0 radical (unpaired) electrons. The predicted molar refractivity (Wildman–Crippen MR) is 32.5 cm³/mol. The number of hydrogen-bond donors (Lipinski definition) is 0. The lowest BCUT2D eigenvalue weighted by atomic mass is 11.7. The Morgan fingerprint density at radius 1 is 1.44 bits per heavy atom. The van der Waals surface area contributed by atoms with E-state index in [1.165, 1.54) is 0 Å². The van der Waals surface area contributed by atoms with Gasteiger partial charge in [-0.25, -0.2) is 13.2 Å². The number of hydrogen-bond acceptors (Lipinski definition) is 3. The van der Waals surface area contributed by atoms with Gasteiger partial charge in [-0.15, -0.1) is 0 Å². The topological polar surface area (TPSA) is 63.6 Å². The highest BCUT2D eigenvalue weighted by atomic mass is 35.5. The van der Waals surface area contributed by atoms with Gasteiger partial charge in [0.25, 0.3) is 16.1 Å². The number of nitrogens with zero attached hydrogens (tertiary/aromatic N) is 1. The Balaban J connectivity index is 4.62. The molecule has 0 aromatic rings. The third-order valence-corrected chi connectivity index (χ3v) is 2.52. The van der Waals surface area contributed by atoms with E-state index >= 15 is 0 Å². The van der Waals surface area contributed by atoms with E-state index in [4.69, 9.17) is 23.2 Å². The molecule has 0 amide bonds. The molecular formula is C2HCl2NO3S. The Kier molecular flexibility index (Phi) is 3.14. The zero-order valence-electron chi connectivity index (χ0n) is 3.91. The Hall–Kier alpha value is -0.0900. The smallest absolute Gasteiger partial charge is 0.210 e. The molecule has 0 bridgehead atoms. The van der Waals surface area contributed by atoms with Crippen LogP contribution in [0.2, 0.25) is 0 Å². The molecule has 0 aliphatic rings. The van der Waals surface area contributed by atoms with E-state index in [0.29, 0.717) is 0 Å². The molecule has 0 fully saturated rings. The van der Waals surface area contributed by atoms with Crippen LogP contribution in [0, 0.1) is 0 Å². The van der Waals surface area contributed by atoms with Crippen molar-refractivity contribution in [3.8, 4) is 0 Å². The molecule has 0 aliphatic heterocycles. The molecule has 0 saturated carbocycles. The zero-order chi connectivity index (χ0) is 7.49. The fraction of sp³-hybridized carbons (Fsp3) is 0.500. The lowest BCUT2D eigenvalue weighted by Gasteiger charge is -1.90. The van der Waals surface area contributed by atoms with Crippen molar-refractivity contribution in [1.82, 2.24) is 0 Å². The third kappa shape index (κ3) is 2.81. The number of alkyl halides is 2. The van der Waals surface area contributed by atoms with E-state index in [9.17, 15) is 13.2 Å². The highest BCUT2D eigenvalue weighted by Crippen LogP contribution is 2.11. The van der Waals surface area contributed by atoms with E-state index in [2.05, 4.69) is 4.40 Å². The van der Waals surface area contributed by atoms with Crippen LogP contribution in [0.3, 0.4) is 0 Å². The Morgan fingerprint density at radius 3 is 2.00 bits per heavy atom. The van der Waals surface area contributed by atoms with Crippen LogP contribution in [0.4, 0.5) is 0 Å². The van der Waals surface area contributed by atoms with Crippen LogP contribution in [-0.2, 0) is 14.8 Å². The molecule has 4 nitrogen and oxygen atoms in total. The van der Waals surface area contributed by atoms with Gasteiger partial charge in [-0.3, -0.25) is 0 Å². The summed E-state index contributed by atoms with van der Waals surface area (Å²) in [4.78, 5) is 9.34. The van der Waals surface area contributed by atoms with Crippen LogP contribution in [0.15, 0.2) is 4.40 Å². The first kappa shape index (κ1) is 8.91. The number of carbonyl (C=O) groups excluding carboxylic acids is 1. The van der Waals surface area contributed by atoms with Crippen molar-refractivity contribution in [3.05, 3.63) is 0 Å². The molecule has 0 N–H and O–H groups in total. The molecule has 0 spiro atoms. The highest BCUT2D eigenvalue weighted by molar-refractivity contribution is 7.93. The molecule has 0 atom stereocenters. The second-order valence-corrected chi connectivity index (χ2v) is 4.26. The maximum atomic E-state index is 10.2. The van der Waals surface area contributed by atoms with Gasteiger partial charge in [0.05, 0.1) is 0 Å². The van der Waals surface area contributed by atoms with E-state index in [-0.39, 0.29) is 0 Å². The fourth-order valence-corrected chi connectivity index (χ4v) is 0.514. The molecular weight excluding hydrogens is 189 g/mol. The summed E-state index contributed by atoms with van der Waals surface area (Å²) in [6, 6.07) is 0. The molecule has 0 aromatic heterocycles. The molecule has 0 heterocycles. The SMILES string of the molecule is O=C=NS(=O)(=O)C(Cl)Cl. The normalized spacial score (nSPS) is 11.0. The van der Waals surface area contributed by atoms with Crippen LogP contribution in [0.1, 0.15) is 0 Å². The van der Waals surface area contributed by atoms with Crippen LogP contribution < -0.4 is 0 Å². The quantitative estimate of drug-likeness (QED) is 0.360. The number of sulfonamides is 1. The molecule has 7 heteroatoms. The number of isocyanates is 1. The van der Waals surface area contributed by atoms with Gasteiger partial charge >= 0.3 is 0 Å². The van der Waals surface area contributed by atoms with Gasteiger partial charge in [0, 0.05) is 0 Å². The van der Waals surface area contributed by atoms with Crippen LogP contribution in [0.5, 0.6) is 0 Å². The second kappa shape index (κ2) is 3.17. The molecule has 0 rings (SSSR count). The lowest BCUT2D eigenvalue weighted by Crippen LogP contribution is -2.03. The maximum absolute atomic E-state index is 10.2. The van der Waals surface area contributed by atoms with Gasteiger partial charge < -0.3 is 0 Å². The molecule has 0 aliphatic carbocycles. The van der Waals surface area contributed by atoms with Crippen molar-refractivity contribution in [2.24, 2.45) is 4.40 Å². The summed E-state index contributed by atoms with van der Waals surface area (Å²) in [5, 5.41) is 0. The van der Waals surface area contributed by atoms with E-state index in [1.54, 1.807) is 0 Å². The largest absolute Gasteiger partial charge is 0.294 e. The lowest BCUT2D eigenvalue weighted by molar-refractivity contribution is 0.564. The minimum absolute atomic E-state index is 0.807. The van der Waals surface area contributed by atoms with Gasteiger partial charge in [0.1, 0.15) is 0 Å². The summed E-state index contributed by atoms with van der Waals surface area (Å²) in [6.45, 7) is 0. The maximum Gasteiger partial charge on any atom is 0.294 e. The zero-order valence-corrected chi connectivity index (χ0v) is 6.24. The van der Waals surface area contributed by atoms with Crippen LogP contribution in [-0.4, -0.2) is 18.7 Å². The summed E-state index contributed by atoms with van der Waals surface area (Å²) >= 11 is 9.71. The first-order valence-electron chi connectivity index (χ1n) is 1.62. The van der Waals surface area contributed by atoms with Gasteiger partial charge in [-0.1, -0.05) is 27.6 Å². The second-order valence-electron chi connectivity index (χ2n) is 0.958. The molecule has 0 aromatic carbocycles. The average Bonchev–Trinajstić information content (AvgIpc) is 1.65. The van der Waals surface area contributed by atoms with Crippen molar-refractivity contribution >= 4 is 39.3 Å². The molecule has 0 saturated heterocycles. The average molecular weight is 190 g/mol. The van der Waals surface area contributed by atoms with Crippen LogP contribution >= 0.6 is 23.2 Å². The summed E-state index contributed by atoms with van der Waals surface area (Å²) in [5.41, 5.74) is 0. The monoisotopic (exact) mass is 189 g/mol. The third-order valence-electron chi connectivity index (χ3n) is 0.390. The summed E-state index contributed by atoms with van der Waals surface area (Å²) in [6.07, 6.45) is 0.807. The Labute approximate surface area is 61.5 Å². The predicted octanol–water partition coefficient (Wildman–Crippen LogP) is 0.413. The number of rotatable bonds is 2. The van der Waals surface area contributed by atoms with E-state index in [1.807, 2.05) is 0 Å². The first-order chi connectivity index (χ1) is 4.00. The molecule has 52 valence electrons. The van der Waals surface area contributed by atoms with E-state index in [0.717, 1.165) is 6.08 Å². The van der Waals surface area contributed by atoms with Crippen LogP contribution in [0.25, 0.3) is 0 Å². The highest BCUT2D eigenvalue weighted by Gasteiger charge is 2.18. The Morgan fingerprint density at radius 2 is 1.89 bits per heavy atom. The van der Waals surface area contributed by atoms with Crippen molar-refractivity contribution in [1.29, 1.82) is 0 Å². The number of halogens is 2. The van der Waals surface area contributed by atoms with Gasteiger partial charge in [0.2, 0.25) is 4.17 Å². The van der Waals surface area contributed by atoms with Crippen molar-refractivity contribution in [2.75, 3.05) is 0 Å². The summed E-state index contributed by atoms with van der Waals surface area (Å²) in [5.74, 6) is 0. The first-order valence-corrected chi connectivity index (χ1v) is 3.99. The molecule has 0 unspecified atom stereocenters. The fourth-order valence-electron chi connectivity index (χ4n) is 0.0918.